The maximum absolute atomic E-state index is 13.6. The lowest BCUT2D eigenvalue weighted by molar-refractivity contribution is -0.352. The first-order chi connectivity index (χ1) is 20.5. The molecule has 13 nitrogen and oxygen atoms in total. The van der Waals surface area contributed by atoms with Crippen LogP contribution in [0.5, 0.6) is 0 Å². The van der Waals surface area contributed by atoms with E-state index < -0.39 is 96.1 Å². The second-order valence-electron chi connectivity index (χ2n) is 11.9. The average Bonchev–Trinajstić information content (AvgIpc) is 3.35. The molecule has 16 heteroatoms. The molecule has 4 saturated carbocycles. The summed E-state index contributed by atoms with van der Waals surface area (Å²) in [7, 11) is 1.18. The fourth-order valence-corrected chi connectivity index (χ4v) is 8.06. The Morgan fingerprint density at radius 1 is 0.907 bits per heavy atom. The van der Waals surface area contributed by atoms with Crippen LogP contribution in [-0.4, -0.2) is 103 Å². The van der Waals surface area contributed by atoms with E-state index in [0.29, 0.717) is 17.8 Å². The number of rotatable bonds is 12. The van der Waals surface area contributed by atoms with E-state index in [-0.39, 0.29) is 6.42 Å². The molecule has 6 rings (SSSR count). The highest BCUT2D eigenvalue weighted by Gasteiger charge is 2.65. The first-order valence-electron chi connectivity index (χ1n) is 14.2. The summed E-state index contributed by atoms with van der Waals surface area (Å²) in [5.41, 5.74) is -0.681. The summed E-state index contributed by atoms with van der Waals surface area (Å²) in [5, 5.41) is 2.62. The number of hydrogen-bond donors (Lipinski definition) is 1. The minimum Gasteiger partial charge on any atom is -0.465 e. The quantitative estimate of drug-likeness (QED) is 0.183. The number of hydrogen-bond acceptors (Lipinski definition) is 12. The van der Waals surface area contributed by atoms with E-state index in [1.165, 1.54) is 7.11 Å². The predicted molar refractivity (Wildman–Crippen MR) is 146 cm³/mol. The van der Waals surface area contributed by atoms with Crippen molar-refractivity contribution >= 4 is 64.8 Å². The van der Waals surface area contributed by atoms with Crippen molar-refractivity contribution < 1.29 is 57.1 Å². The van der Waals surface area contributed by atoms with E-state index in [1.807, 2.05) is 0 Å². The highest BCUT2D eigenvalue weighted by Crippen LogP contribution is 2.59. The molecule has 2 aliphatic heterocycles. The lowest BCUT2D eigenvalue weighted by atomic mass is 9.54. The van der Waals surface area contributed by atoms with Crippen LogP contribution in [-0.2, 0) is 52.3 Å². The Labute approximate surface area is 262 Å². The summed E-state index contributed by atoms with van der Waals surface area (Å²) in [6.45, 7) is -0.637. The van der Waals surface area contributed by atoms with Gasteiger partial charge < -0.3 is 38.5 Å². The third kappa shape index (κ3) is 6.80. The molecule has 0 aromatic rings. The number of esters is 4. The topological polar surface area (TPSA) is 162 Å². The number of alkyl halides is 3. The maximum atomic E-state index is 13.6. The standard InChI is InChI=1S/C27H34Cl3NO12/c1-37-24(35)27(43-26-5-13-2-14(6-26)4-15(3-13)7-26)8-16-21(31-25(36)40-16)23(42-27)22(41-20(34)11-30)17(39-19(33)10-29)12-38-18(32)9-28/h13-17,21-23H,2-12H2,1H3,(H,31,36)/t13?,14?,15?,16-,17+,21+,22+,23+,26?,27-/m0/s1. The summed E-state index contributed by atoms with van der Waals surface area (Å²) in [4.78, 5) is 63.0. The van der Waals surface area contributed by atoms with Gasteiger partial charge in [0.1, 0.15) is 36.5 Å². The Kier molecular flexibility index (Phi) is 9.87. The van der Waals surface area contributed by atoms with Crippen LogP contribution in [0.3, 0.4) is 0 Å². The van der Waals surface area contributed by atoms with Crippen molar-refractivity contribution in [3.05, 3.63) is 0 Å². The lowest BCUT2D eigenvalue weighted by Crippen LogP contribution is -2.68. The smallest absolute Gasteiger partial charge is 0.407 e. The van der Waals surface area contributed by atoms with Gasteiger partial charge in [0.15, 0.2) is 12.2 Å². The fourth-order valence-electron chi connectivity index (χ4n) is 7.86. The van der Waals surface area contributed by atoms with Gasteiger partial charge >= 0.3 is 30.0 Å². The van der Waals surface area contributed by atoms with Crippen LogP contribution < -0.4 is 5.32 Å². The van der Waals surface area contributed by atoms with Gasteiger partial charge in [0, 0.05) is 0 Å². The molecule has 4 aliphatic carbocycles. The van der Waals surface area contributed by atoms with Crippen LogP contribution in [0.15, 0.2) is 0 Å². The number of amides is 1. The maximum Gasteiger partial charge on any atom is 0.407 e. The summed E-state index contributed by atoms with van der Waals surface area (Å²) < 4.78 is 40.1. The number of methoxy groups -OCH3 is 1. The van der Waals surface area contributed by atoms with Gasteiger partial charge in [0.25, 0.3) is 5.79 Å². The molecule has 0 aromatic carbocycles. The van der Waals surface area contributed by atoms with Gasteiger partial charge in [0.05, 0.1) is 25.2 Å². The predicted octanol–water partition coefficient (Wildman–Crippen LogP) is 2.19. The lowest BCUT2D eigenvalue weighted by Gasteiger charge is -2.59. The number of alkyl carbamates (subject to hydrolysis) is 1. The van der Waals surface area contributed by atoms with Gasteiger partial charge in [-0.1, -0.05) is 0 Å². The van der Waals surface area contributed by atoms with E-state index in [4.69, 9.17) is 68.0 Å². The molecule has 1 amide bonds. The van der Waals surface area contributed by atoms with Crippen molar-refractivity contribution in [1.29, 1.82) is 0 Å². The van der Waals surface area contributed by atoms with Gasteiger partial charge in [0.2, 0.25) is 0 Å². The Balaban J connectivity index is 1.53. The molecule has 43 heavy (non-hydrogen) atoms. The number of carbonyl (C=O) groups is 5. The monoisotopic (exact) mass is 669 g/mol. The third-order valence-corrected chi connectivity index (χ3v) is 9.58. The Bertz CT molecular complexity index is 1090. The van der Waals surface area contributed by atoms with Crippen molar-refractivity contribution in [2.45, 2.75) is 86.8 Å². The van der Waals surface area contributed by atoms with Crippen molar-refractivity contribution in [1.82, 2.24) is 5.32 Å². The molecule has 240 valence electrons. The zero-order chi connectivity index (χ0) is 30.9. The Morgan fingerprint density at radius 3 is 2.05 bits per heavy atom. The van der Waals surface area contributed by atoms with E-state index in [9.17, 15) is 24.0 Å². The molecule has 6 atom stereocenters. The van der Waals surface area contributed by atoms with E-state index in [0.717, 1.165) is 38.5 Å². The Morgan fingerprint density at radius 2 is 1.49 bits per heavy atom. The van der Waals surface area contributed by atoms with Crippen molar-refractivity contribution in [3.8, 4) is 0 Å². The summed E-state index contributed by atoms with van der Waals surface area (Å²) in [6.07, 6.45) is -1.10. The third-order valence-electron chi connectivity index (χ3n) is 8.93. The molecule has 6 aliphatic rings. The molecule has 0 radical (unpaired) electrons. The summed E-state index contributed by atoms with van der Waals surface area (Å²) >= 11 is 17.0. The number of carbonyl (C=O) groups excluding carboxylic acids is 5. The van der Waals surface area contributed by atoms with Crippen LogP contribution in [0.25, 0.3) is 0 Å². The van der Waals surface area contributed by atoms with Gasteiger partial charge in [-0.2, -0.15) is 0 Å². The fraction of sp³-hybridized carbons (Fsp3) is 0.815. The van der Waals surface area contributed by atoms with Crippen molar-refractivity contribution in [2.75, 3.05) is 31.4 Å². The molecule has 2 heterocycles. The largest absolute Gasteiger partial charge is 0.465 e. The van der Waals surface area contributed by atoms with E-state index >= 15 is 0 Å². The number of ether oxygens (including phenoxy) is 7. The molecule has 1 N–H and O–H groups in total. The van der Waals surface area contributed by atoms with Crippen LogP contribution in [0.4, 0.5) is 4.79 Å². The first kappa shape index (κ1) is 32.3. The molecule has 0 aromatic heterocycles. The molecule has 0 unspecified atom stereocenters. The molecule has 0 spiro atoms. The zero-order valence-electron chi connectivity index (χ0n) is 23.4. The van der Waals surface area contributed by atoms with E-state index in [1.54, 1.807) is 0 Å². The molecule has 4 bridgehead atoms. The van der Waals surface area contributed by atoms with Crippen molar-refractivity contribution in [3.63, 3.8) is 0 Å². The number of fused-ring (bicyclic) bond motifs is 1. The van der Waals surface area contributed by atoms with E-state index in [2.05, 4.69) is 5.32 Å². The highest BCUT2D eigenvalue weighted by molar-refractivity contribution is 6.27. The highest BCUT2D eigenvalue weighted by atomic mass is 35.5. The van der Waals surface area contributed by atoms with Crippen molar-refractivity contribution in [2.24, 2.45) is 17.8 Å². The van der Waals surface area contributed by atoms with Gasteiger partial charge in [-0.15, -0.1) is 34.8 Å². The van der Waals surface area contributed by atoms with Gasteiger partial charge in [-0.25, -0.2) is 9.59 Å². The molecular weight excluding hydrogens is 637 g/mol. The van der Waals surface area contributed by atoms with Gasteiger partial charge in [-0.3, -0.25) is 14.4 Å². The van der Waals surface area contributed by atoms with Crippen LogP contribution in [0, 0.1) is 17.8 Å². The normalized spacial score (nSPS) is 36.9. The van der Waals surface area contributed by atoms with Gasteiger partial charge in [-0.05, 0) is 56.3 Å². The minimum atomic E-state index is -2.09. The SMILES string of the molecule is COC(=O)[C@@]1(OC23CC4CC(CC(C4)C2)C3)C[C@@H]2OC(=O)N[C@H]2[C@H]([C@H](OC(=O)CCl)[C@@H](COC(=O)CCl)OC(=O)CCl)O1. The second kappa shape index (κ2) is 13.1. The number of nitrogens with one attached hydrogen (secondary N) is 1. The Hall–Kier alpha value is -2.06. The first-order valence-corrected chi connectivity index (χ1v) is 15.8. The molecule has 2 saturated heterocycles. The minimum absolute atomic E-state index is 0.217. The average molecular weight is 671 g/mol. The summed E-state index contributed by atoms with van der Waals surface area (Å²) in [5.74, 6) is -6.07. The molecular formula is C27H34Cl3NO12. The zero-order valence-corrected chi connectivity index (χ0v) is 25.7. The van der Waals surface area contributed by atoms with Crippen LogP contribution >= 0.6 is 34.8 Å². The molecule has 6 fully saturated rings. The van der Waals surface area contributed by atoms with Crippen LogP contribution in [0.1, 0.15) is 44.9 Å². The number of halogens is 3. The van der Waals surface area contributed by atoms with Crippen LogP contribution in [0.2, 0.25) is 0 Å². The second-order valence-corrected chi connectivity index (χ2v) is 12.7. The summed E-state index contributed by atoms with van der Waals surface area (Å²) in [6, 6.07) is -1.01.